The first-order valence-corrected chi connectivity index (χ1v) is 7.67. The van der Waals surface area contributed by atoms with Gasteiger partial charge in [-0.2, -0.15) is 0 Å². The molecule has 0 saturated heterocycles. The highest BCUT2D eigenvalue weighted by atomic mass is 35.7. The largest absolute Gasteiger partial charge is 0.383 e. The fraction of sp³-hybridized carbons (Fsp3) is 0.364. The lowest BCUT2D eigenvalue weighted by Gasteiger charge is -2.17. The lowest BCUT2D eigenvalue weighted by Crippen LogP contribution is -2.31. The Labute approximate surface area is 119 Å². The standard InChI is InChI=1S/C11H12ClF2NO4S/c1-15(3-4-19-2)11(16)8-5-7(13)6-9(10(8)14)20(12,17)18/h5-6H,3-4H2,1-2H3. The molecule has 0 N–H and O–H groups in total. The highest BCUT2D eigenvalue weighted by Crippen LogP contribution is 2.24. The number of nitrogens with zero attached hydrogens (tertiary/aromatic N) is 1. The van der Waals surface area contributed by atoms with Crippen LogP contribution in [0.3, 0.4) is 0 Å². The molecule has 0 radical (unpaired) electrons. The molecule has 0 spiro atoms. The van der Waals surface area contributed by atoms with E-state index in [0.717, 1.165) is 4.90 Å². The minimum absolute atomic E-state index is 0.133. The summed E-state index contributed by atoms with van der Waals surface area (Å²) in [6, 6.07) is 1.04. The summed E-state index contributed by atoms with van der Waals surface area (Å²) in [6.07, 6.45) is 0. The molecular formula is C11H12ClF2NO4S. The number of ether oxygens (including phenoxy) is 1. The van der Waals surface area contributed by atoms with Crippen LogP contribution in [0.25, 0.3) is 0 Å². The second-order valence-corrected chi connectivity index (χ2v) is 6.46. The van der Waals surface area contributed by atoms with Gasteiger partial charge in [0, 0.05) is 31.4 Å². The highest BCUT2D eigenvalue weighted by Gasteiger charge is 2.25. The molecule has 0 aliphatic carbocycles. The van der Waals surface area contributed by atoms with E-state index < -0.39 is 37.1 Å². The van der Waals surface area contributed by atoms with Crippen LogP contribution in [-0.4, -0.2) is 46.5 Å². The monoisotopic (exact) mass is 327 g/mol. The van der Waals surface area contributed by atoms with Crippen molar-refractivity contribution in [3.63, 3.8) is 0 Å². The normalized spacial score (nSPS) is 11.4. The summed E-state index contributed by atoms with van der Waals surface area (Å²) >= 11 is 0. The molecule has 0 unspecified atom stereocenters. The van der Waals surface area contributed by atoms with Gasteiger partial charge in [0.25, 0.3) is 15.0 Å². The van der Waals surface area contributed by atoms with Gasteiger partial charge in [0.15, 0.2) is 5.82 Å². The van der Waals surface area contributed by atoms with Crippen LogP contribution in [0, 0.1) is 11.6 Å². The third kappa shape index (κ3) is 3.87. The number of amides is 1. The van der Waals surface area contributed by atoms with Gasteiger partial charge in [0.2, 0.25) is 0 Å². The number of rotatable bonds is 5. The number of carbonyl (C=O) groups is 1. The highest BCUT2D eigenvalue weighted by molar-refractivity contribution is 8.13. The van der Waals surface area contributed by atoms with Crippen molar-refractivity contribution < 1.29 is 26.7 Å². The van der Waals surface area contributed by atoms with Crippen LogP contribution in [0.15, 0.2) is 17.0 Å². The number of halogens is 3. The molecule has 0 aliphatic rings. The Morgan fingerprint density at radius 1 is 1.40 bits per heavy atom. The first-order chi connectivity index (χ1) is 9.18. The average molecular weight is 328 g/mol. The summed E-state index contributed by atoms with van der Waals surface area (Å²) in [5, 5.41) is 0. The smallest absolute Gasteiger partial charge is 0.264 e. The molecule has 0 atom stereocenters. The van der Waals surface area contributed by atoms with Crippen LogP contribution in [-0.2, 0) is 13.8 Å². The molecule has 112 valence electrons. The first-order valence-electron chi connectivity index (χ1n) is 5.36. The van der Waals surface area contributed by atoms with Crippen LogP contribution in [0.4, 0.5) is 8.78 Å². The Balaban J connectivity index is 3.26. The average Bonchev–Trinajstić information content (AvgIpc) is 2.36. The molecule has 0 aromatic heterocycles. The van der Waals surface area contributed by atoms with Gasteiger partial charge in [-0.05, 0) is 12.1 Å². The van der Waals surface area contributed by atoms with Crippen molar-refractivity contribution in [1.82, 2.24) is 4.90 Å². The molecular weight excluding hydrogens is 316 g/mol. The van der Waals surface area contributed by atoms with Gasteiger partial charge in [0.05, 0.1) is 12.2 Å². The summed E-state index contributed by atoms with van der Waals surface area (Å²) in [5.74, 6) is -3.33. The van der Waals surface area contributed by atoms with Gasteiger partial charge >= 0.3 is 0 Å². The Morgan fingerprint density at radius 2 is 2.00 bits per heavy atom. The molecule has 1 amide bonds. The Morgan fingerprint density at radius 3 is 2.50 bits per heavy atom. The van der Waals surface area contributed by atoms with E-state index in [0.29, 0.717) is 12.1 Å². The van der Waals surface area contributed by atoms with E-state index in [1.165, 1.54) is 14.2 Å². The Kier molecular flexibility index (Phi) is 5.43. The zero-order valence-electron chi connectivity index (χ0n) is 10.7. The molecule has 9 heteroatoms. The SMILES string of the molecule is COCCN(C)C(=O)c1cc(F)cc(S(=O)(=O)Cl)c1F. The van der Waals surface area contributed by atoms with Crippen LogP contribution in [0.2, 0.25) is 0 Å². The second kappa shape index (κ2) is 6.47. The predicted octanol–water partition coefficient (Wildman–Crippen LogP) is 1.61. The number of carbonyl (C=O) groups excluding carboxylic acids is 1. The van der Waals surface area contributed by atoms with Gasteiger partial charge in [-0.1, -0.05) is 0 Å². The Hall–Kier alpha value is -1.25. The van der Waals surface area contributed by atoms with Crippen molar-refractivity contribution in [1.29, 1.82) is 0 Å². The molecule has 0 bridgehead atoms. The summed E-state index contributed by atoms with van der Waals surface area (Å²) in [7, 11) is 3.27. The summed E-state index contributed by atoms with van der Waals surface area (Å²) in [4.78, 5) is 11.9. The predicted molar refractivity (Wildman–Crippen MR) is 68.2 cm³/mol. The van der Waals surface area contributed by atoms with Gasteiger partial charge < -0.3 is 9.64 Å². The van der Waals surface area contributed by atoms with E-state index in [-0.39, 0.29) is 13.2 Å². The van der Waals surface area contributed by atoms with E-state index in [1.807, 2.05) is 0 Å². The summed E-state index contributed by atoms with van der Waals surface area (Å²) < 4.78 is 54.3. The minimum atomic E-state index is -4.49. The van der Waals surface area contributed by atoms with Crippen molar-refractivity contribution in [2.75, 3.05) is 27.3 Å². The van der Waals surface area contributed by atoms with Gasteiger partial charge in [-0.25, -0.2) is 17.2 Å². The number of hydrogen-bond donors (Lipinski definition) is 0. The van der Waals surface area contributed by atoms with Crippen molar-refractivity contribution in [3.05, 3.63) is 29.3 Å². The quantitative estimate of drug-likeness (QED) is 0.771. The van der Waals surface area contributed by atoms with Crippen molar-refractivity contribution in [2.24, 2.45) is 0 Å². The molecule has 0 saturated carbocycles. The van der Waals surface area contributed by atoms with E-state index in [4.69, 9.17) is 15.4 Å². The molecule has 0 aliphatic heterocycles. The van der Waals surface area contributed by atoms with E-state index in [1.54, 1.807) is 0 Å². The third-order valence-corrected chi connectivity index (χ3v) is 3.80. The fourth-order valence-corrected chi connectivity index (χ4v) is 2.35. The maximum atomic E-state index is 14.0. The maximum absolute atomic E-state index is 14.0. The van der Waals surface area contributed by atoms with Crippen LogP contribution >= 0.6 is 10.7 Å². The Bertz CT molecular complexity index is 621. The first kappa shape index (κ1) is 16.8. The van der Waals surface area contributed by atoms with Crippen molar-refractivity contribution >= 4 is 25.6 Å². The fourth-order valence-electron chi connectivity index (χ4n) is 1.43. The van der Waals surface area contributed by atoms with Crippen LogP contribution in [0.5, 0.6) is 0 Å². The molecule has 0 fully saturated rings. The molecule has 1 aromatic rings. The zero-order chi connectivity index (χ0) is 15.5. The summed E-state index contributed by atoms with van der Waals surface area (Å²) in [5.41, 5.74) is -0.706. The molecule has 0 heterocycles. The second-order valence-electron chi connectivity index (χ2n) is 3.92. The summed E-state index contributed by atoms with van der Waals surface area (Å²) in [6.45, 7) is 0.327. The topological polar surface area (TPSA) is 63.7 Å². The van der Waals surface area contributed by atoms with Crippen molar-refractivity contribution in [2.45, 2.75) is 4.90 Å². The number of hydrogen-bond acceptors (Lipinski definition) is 4. The third-order valence-electron chi connectivity index (χ3n) is 2.47. The van der Waals surface area contributed by atoms with E-state index >= 15 is 0 Å². The van der Waals surface area contributed by atoms with Gasteiger partial charge in [0.1, 0.15) is 10.7 Å². The number of methoxy groups -OCH3 is 1. The van der Waals surface area contributed by atoms with Gasteiger partial charge in [-0.3, -0.25) is 4.79 Å². The van der Waals surface area contributed by atoms with E-state index in [2.05, 4.69) is 0 Å². The lowest BCUT2D eigenvalue weighted by atomic mass is 10.2. The number of likely N-dealkylation sites (N-methyl/N-ethyl adjacent to an activating group) is 1. The van der Waals surface area contributed by atoms with Gasteiger partial charge in [-0.15, -0.1) is 0 Å². The molecule has 20 heavy (non-hydrogen) atoms. The lowest BCUT2D eigenvalue weighted by molar-refractivity contribution is 0.0738. The van der Waals surface area contributed by atoms with Crippen LogP contribution in [0.1, 0.15) is 10.4 Å². The minimum Gasteiger partial charge on any atom is -0.383 e. The van der Waals surface area contributed by atoms with Crippen LogP contribution < -0.4 is 0 Å². The van der Waals surface area contributed by atoms with Crippen molar-refractivity contribution in [3.8, 4) is 0 Å². The molecule has 1 rings (SSSR count). The number of benzene rings is 1. The molecule has 1 aromatic carbocycles. The molecule has 5 nitrogen and oxygen atoms in total. The van der Waals surface area contributed by atoms with E-state index in [9.17, 15) is 22.0 Å². The maximum Gasteiger partial charge on any atom is 0.264 e. The zero-order valence-corrected chi connectivity index (χ0v) is 12.3.